The van der Waals surface area contributed by atoms with Gasteiger partial charge in [0.1, 0.15) is 11.7 Å². The first-order valence-electron chi connectivity index (χ1n) is 13.2. The minimum absolute atomic E-state index is 0.0856. The van der Waals surface area contributed by atoms with Crippen LogP contribution in [-0.2, 0) is 23.7 Å². The summed E-state index contributed by atoms with van der Waals surface area (Å²) < 4.78 is 27.3. The minimum atomic E-state index is -1.42. The summed E-state index contributed by atoms with van der Waals surface area (Å²) in [5, 5.41) is 44.6. The highest BCUT2D eigenvalue weighted by atomic mass is 32.1. The SMILES string of the molecule is CNCNc1ccc(NC(=S)NCCOCCOCCO[C@@H](O)C2(OC)CC(CC(C)OC)[C@@H](O)C2O)cc1. The van der Waals surface area contributed by atoms with Gasteiger partial charge in [-0.2, -0.15) is 0 Å². The van der Waals surface area contributed by atoms with Crippen molar-refractivity contribution in [2.24, 2.45) is 5.92 Å². The highest BCUT2D eigenvalue weighted by Crippen LogP contribution is 2.42. The zero-order valence-corrected chi connectivity index (χ0v) is 24.2. The largest absolute Gasteiger partial charge is 0.390 e. The van der Waals surface area contributed by atoms with Crippen LogP contribution in [-0.4, -0.2) is 118 Å². The lowest BCUT2D eigenvalue weighted by Gasteiger charge is -2.35. The van der Waals surface area contributed by atoms with Gasteiger partial charge in [0.2, 0.25) is 0 Å². The zero-order chi connectivity index (χ0) is 28.7. The van der Waals surface area contributed by atoms with Crippen molar-refractivity contribution < 1.29 is 39.0 Å². The summed E-state index contributed by atoms with van der Waals surface area (Å²) >= 11 is 5.30. The lowest BCUT2D eigenvalue weighted by molar-refractivity contribution is -0.256. The summed E-state index contributed by atoms with van der Waals surface area (Å²) in [6.07, 6.45) is -3.10. The van der Waals surface area contributed by atoms with Crippen LogP contribution in [0.2, 0.25) is 0 Å². The second-order valence-electron chi connectivity index (χ2n) is 9.45. The molecule has 1 fully saturated rings. The van der Waals surface area contributed by atoms with Crippen molar-refractivity contribution in [1.29, 1.82) is 0 Å². The van der Waals surface area contributed by atoms with Gasteiger partial charge in [-0.05, 0) is 69.2 Å². The highest BCUT2D eigenvalue weighted by molar-refractivity contribution is 7.80. The Labute approximate surface area is 236 Å². The molecule has 1 aromatic rings. The summed E-state index contributed by atoms with van der Waals surface area (Å²) in [7, 11) is 4.85. The van der Waals surface area contributed by atoms with Crippen LogP contribution < -0.4 is 21.3 Å². The molecule has 1 aliphatic rings. The number of hydrogen-bond acceptors (Lipinski definition) is 11. The average molecular weight is 575 g/mol. The van der Waals surface area contributed by atoms with Crippen LogP contribution in [0.4, 0.5) is 11.4 Å². The number of ether oxygens (including phenoxy) is 5. The Kier molecular flexibility index (Phi) is 15.4. The summed E-state index contributed by atoms with van der Waals surface area (Å²) in [6.45, 7) is 4.61. The third-order valence-electron chi connectivity index (χ3n) is 6.74. The minimum Gasteiger partial charge on any atom is -0.390 e. The maximum atomic E-state index is 10.6. The fraction of sp³-hybridized carbons (Fsp3) is 0.731. The molecule has 1 aliphatic carbocycles. The standard InChI is InChI=1S/C26H46N4O8S/c1-18(34-3)15-19-16-26(35-4,23(32)22(19)31)24(33)38-14-13-37-12-11-36-10-9-28-25(39)30-21-7-5-20(6-8-21)29-17-27-2/h5-8,18-19,22-24,27,29,31-33H,9-17H2,1-4H3,(H2,28,30,39)/t18?,19?,22-,23?,24-,26?/m1/s1. The summed E-state index contributed by atoms with van der Waals surface area (Å²) in [5.74, 6) is -0.293. The van der Waals surface area contributed by atoms with E-state index < -0.39 is 24.1 Å². The third kappa shape index (κ3) is 10.7. The van der Waals surface area contributed by atoms with Crippen LogP contribution >= 0.6 is 12.2 Å². The molecule has 6 atom stereocenters. The Balaban J connectivity index is 1.54. The molecule has 12 nitrogen and oxygen atoms in total. The van der Waals surface area contributed by atoms with Gasteiger partial charge in [0.05, 0.1) is 51.9 Å². The molecule has 0 amide bonds. The molecule has 39 heavy (non-hydrogen) atoms. The van der Waals surface area contributed by atoms with Gasteiger partial charge in [0.15, 0.2) is 11.4 Å². The van der Waals surface area contributed by atoms with E-state index in [2.05, 4.69) is 21.3 Å². The summed E-state index contributed by atoms with van der Waals surface area (Å²) in [6, 6.07) is 7.82. The number of rotatable bonds is 19. The second kappa shape index (κ2) is 17.9. The van der Waals surface area contributed by atoms with E-state index in [0.717, 1.165) is 11.4 Å². The molecule has 7 N–H and O–H groups in total. The third-order valence-corrected chi connectivity index (χ3v) is 6.99. The number of benzene rings is 1. The lowest BCUT2D eigenvalue weighted by atomic mass is 9.95. The van der Waals surface area contributed by atoms with Gasteiger partial charge in [0.25, 0.3) is 0 Å². The molecule has 0 aromatic heterocycles. The first-order valence-corrected chi connectivity index (χ1v) is 13.6. The molecule has 1 aromatic carbocycles. The van der Waals surface area contributed by atoms with Crippen LogP contribution in [0, 0.1) is 5.92 Å². The Morgan fingerprint density at radius 3 is 2.33 bits per heavy atom. The van der Waals surface area contributed by atoms with Crippen molar-refractivity contribution in [2.45, 2.75) is 50.0 Å². The van der Waals surface area contributed by atoms with E-state index in [9.17, 15) is 15.3 Å². The van der Waals surface area contributed by atoms with Crippen molar-refractivity contribution >= 4 is 28.7 Å². The predicted molar refractivity (Wildman–Crippen MR) is 153 cm³/mol. The smallest absolute Gasteiger partial charge is 0.186 e. The first-order chi connectivity index (χ1) is 18.8. The van der Waals surface area contributed by atoms with Gasteiger partial charge < -0.3 is 60.3 Å². The van der Waals surface area contributed by atoms with Crippen molar-refractivity contribution in [3.8, 4) is 0 Å². The quantitative estimate of drug-likeness (QED) is 0.0697. The van der Waals surface area contributed by atoms with Crippen molar-refractivity contribution in [1.82, 2.24) is 10.6 Å². The maximum Gasteiger partial charge on any atom is 0.186 e. The molecule has 224 valence electrons. The molecular weight excluding hydrogens is 528 g/mol. The molecule has 0 heterocycles. The van der Waals surface area contributed by atoms with Gasteiger partial charge in [-0.1, -0.05) is 0 Å². The molecule has 13 heteroatoms. The van der Waals surface area contributed by atoms with E-state index in [-0.39, 0.29) is 31.7 Å². The fourth-order valence-electron chi connectivity index (χ4n) is 4.45. The predicted octanol–water partition coefficient (Wildman–Crippen LogP) is 0.482. The van der Waals surface area contributed by atoms with E-state index in [0.29, 0.717) is 44.6 Å². The van der Waals surface area contributed by atoms with Crippen LogP contribution in [0.25, 0.3) is 0 Å². The van der Waals surface area contributed by atoms with Crippen LogP contribution in [0.1, 0.15) is 19.8 Å². The highest BCUT2D eigenvalue weighted by Gasteiger charge is 2.57. The van der Waals surface area contributed by atoms with Crippen LogP contribution in [0.5, 0.6) is 0 Å². The molecule has 1 saturated carbocycles. The molecule has 0 saturated heterocycles. The van der Waals surface area contributed by atoms with Crippen molar-refractivity contribution in [3.05, 3.63) is 24.3 Å². The summed E-state index contributed by atoms with van der Waals surface area (Å²) in [5.41, 5.74) is 0.482. The molecule has 4 unspecified atom stereocenters. The maximum absolute atomic E-state index is 10.6. The molecule has 0 bridgehead atoms. The number of aliphatic hydroxyl groups is 3. The second-order valence-corrected chi connectivity index (χ2v) is 9.86. The van der Waals surface area contributed by atoms with E-state index in [4.69, 9.17) is 35.9 Å². The topological polar surface area (TPSA) is 155 Å². The lowest BCUT2D eigenvalue weighted by Crippen LogP contribution is -2.54. The molecule has 0 aliphatic heterocycles. The summed E-state index contributed by atoms with van der Waals surface area (Å²) in [4.78, 5) is 0. The monoisotopic (exact) mass is 574 g/mol. The fourth-order valence-corrected chi connectivity index (χ4v) is 4.67. The van der Waals surface area contributed by atoms with Crippen molar-refractivity contribution in [3.63, 3.8) is 0 Å². The Hall–Kier alpha value is -1.65. The van der Waals surface area contributed by atoms with Gasteiger partial charge in [0, 0.05) is 32.1 Å². The van der Waals surface area contributed by atoms with Crippen LogP contribution in [0.15, 0.2) is 24.3 Å². The zero-order valence-electron chi connectivity index (χ0n) is 23.4. The van der Waals surface area contributed by atoms with Crippen LogP contribution in [0.3, 0.4) is 0 Å². The molecular formula is C26H46N4O8S. The van der Waals surface area contributed by atoms with Gasteiger partial charge in [-0.15, -0.1) is 0 Å². The van der Waals surface area contributed by atoms with Gasteiger partial charge in [-0.25, -0.2) is 0 Å². The number of hydrogen-bond donors (Lipinski definition) is 7. The van der Waals surface area contributed by atoms with E-state index in [1.807, 2.05) is 38.2 Å². The number of thiocarbonyl (C=S) groups is 1. The van der Waals surface area contributed by atoms with Gasteiger partial charge >= 0.3 is 0 Å². The number of anilines is 2. The molecule has 2 rings (SSSR count). The number of nitrogens with one attached hydrogen (secondary N) is 4. The molecule has 0 spiro atoms. The van der Waals surface area contributed by atoms with E-state index in [1.165, 1.54) is 7.11 Å². The van der Waals surface area contributed by atoms with Gasteiger partial charge in [-0.3, -0.25) is 0 Å². The van der Waals surface area contributed by atoms with E-state index >= 15 is 0 Å². The average Bonchev–Trinajstić information content (AvgIpc) is 3.18. The normalized spacial score (nSPS) is 24.3. The molecule has 0 radical (unpaired) electrons. The van der Waals surface area contributed by atoms with E-state index in [1.54, 1.807) is 7.11 Å². The van der Waals surface area contributed by atoms with Crippen molar-refractivity contribution in [2.75, 3.05) is 78.1 Å². The Morgan fingerprint density at radius 2 is 1.69 bits per heavy atom. The number of aliphatic hydroxyl groups excluding tert-OH is 3. The Morgan fingerprint density at radius 1 is 1.05 bits per heavy atom. The Bertz CT molecular complexity index is 824. The number of methoxy groups -OCH3 is 2. The first kappa shape index (κ1) is 33.6.